The number of aryl methyl sites for hydroxylation is 1. The highest BCUT2D eigenvalue weighted by atomic mass is 35.5. The Morgan fingerprint density at radius 2 is 1.78 bits per heavy atom. The van der Waals surface area contributed by atoms with E-state index in [4.69, 9.17) is 11.6 Å². The van der Waals surface area contributed by atoms with Crippen LogP contribution < -0.4 is 5.32 Å². The van der Waals surface area contributed by atoms with Crippen molar-refractivity contribution in [3.05, 3.63) is 84.4 Å². The number of non-ortho nitro benzene ring substituents is 2. The molecule has 1 aliphatic carbocycles. The van der Waals surface area contributed by atoms with Gasteiger partial charge in [-0.15, -0.1) is 0 Å². The molecule has 4 rings (SSSR count). The minimum Gasteiger partial charge on any atom is -0.377 e. The molecule has 1 aliphatic heterocycles. The van der Waals surface area contributed by atoms with Crippen LogP contribution in [0, 0.1) is 33.1 Å². The van der Waals surface area contributed by atoms with Crippen LogP contribution in [0.1, 0.15) is 35.1 Å². The van der Waals surface area contributed by atoms with Crippen molar-refractivity contribution >= 4 is 28.7 Å². The van der Waals surface area contributed by atoms with E-state index in [1.165, 1.54) is 18.2 Å². The average Bonchev–Trinajstić information content (AvgIpc) is 3.11. The van der Waals surface area contributed by atoms with E-state index >= 15 is 0 Å². The van der Waals surface area contributed by atoms with E-state index in [2.05, 4.69) is 17.5 Å². The lowest BCUT2D eigenvalue weighted by molar-refractivity contribution is -0.385. The van der Waals surface area contributed by atoms with Crippen molar-refractivity contribution in [1.82, 2.24) is 0 Å². The summed E-state index contributed by atoms with van der Waals surface area (Å²) in [4.78, 5) is 21.6. The lowest BCUT2D eigenvalue weighted by atomic mass is 9.76. The third-order valence-electron chi connectivity index (χ3n) is 5.39. The summed E-state index contributed by atoms with van der Waals surface area (Å²) >= 11 is 6.39. The number of hydrogen-bond donors (Lipinski definition) is 1. The summed E-state index contributed by atoms with van der Waals surface area (Å²) in [6, 6.07) is 7.39. The Bertz CT molecular complexity index is 1000. The summed E-state index contributed by atoms with van der Waals surface area (Å²) in [5.41, 5.74) is 3.22. The van der Waals surface area contributed by atoms with Crippen LogP contribution in [0.15, 0.2) is 42.5 Å². The highest BCUT2D eigenvalue weighted by molar-refractivity contribution is 6.31. The minimum absolute atomic E-state index is 0.000166. The van der Waals surface area contributed by atoms with Crippen molar-refractivity contribution in [2.24, 2.45) is 5.92 Å². The molecule has 138 valence electrons. The average molecular weight is 386 g/mol. The van der Waals surface area contributed by atoms with Crippen molar-refractivity contribution in [3.63, 3.8) is 0 Å². The molecule has 0 radical (unpaired) electrons. The van der Waals surface area contributed by atoms with Gasteiger partial charge in [-0.3, -0.25) is 20.2 Å². The Morgan fingerprint density at radius 3 is 2.48 bits per heavy atom. The summed E-state index contributed by atoms with van der Waals surface area (Å²) < 4.78 is 0. The van der Waals surface area contributed by atoms with Crippen LogP contribution in [-0.2, 0) is 0 Å². The van der Waals surface area contributed by atoms with E-state index in [-0.39, 0.29) is 34.2 Å². The standard InChI is InChI=1S/C19H16ClN3O4/c1-10-7-12(23(26)27)9-15-13-3-2-4-14(13)19(21-18(10)15)16-8-11(22(24)25)5-6-17(16)20/h2-3,5-9,13-14,19,21H,4H2,1H3/t13-,14-,19+/m1/s1. The maximum Gasteiger partial charge on any atom is 0.270 e. The number of anilines is 1. The van der Waals surface area contributed by atoms with Gasteiger partial charge in [-0.1, -0.05) is 23.8 Å². The van der Waals surface area contributed by atoms with Gasteiger partial charge >= 0.3 is 0 Å². The predicted octanol–water partition coefficient (Wildman–Crippen LogP) is 5.29. The molecule has 0 amide bonds. The van der Waals surface area contributed by atoms with Crippen LogP contribution >= 0.6 is 11.6 Å². The van der Waals surface area contributed by atoms with Gasteiger partial charge in [0.2, 0.25) is 0 Å². The van der Waals surface area contributed by atoms with E-state index in [1.54, 1.807) is 12.1 Å². The Balaban J connectivity index is 1.85. The molecule has 0 bridgehead atoms. The maximum atomic E-state index is 11.2. The summed E-state index contributed by atoms with van der Waals surface area (Å²) in [5, 5.41) is 26.4. The second-order valence-corrected chi connectivity index (χ2v) is 7.33. The Labute approximate surface area is 160 Å². The zero-order valence-electron chi connectivity index (χ0n) is 14.4. The van der Waals surface area contributed by atoms with E-state index in [0.717, 1.165) is 23.2 Å². The predicted molar refractivity (Wildman–Crippen MR) is 102 cm³/mol. The molecule has 27 heavy (non-hydrogen) atoms. The summed E-state index contributed by atoms with van der Waals surface area (Å²) in [7, 11) is 0. The number of hydrogen-bond acceptors (Lipinski definition) is 5. The zero-order valence-corrected chi connectivity index (χ0v) is 15.1. The molecule has 2 aliphatic rings. The summed E-state index contributed by atoms with van der Waals surface area (Å²) in [5.74, 6) is 0.0820. The van der Waals surface area contributed by atoms with Gasteiger partial charge in [0.25, 0.3) is 11.4 Å². The molecule has 0 spiro atoms. The molecule has 3 atom stereocenters. The summed E-state index contributed by atoms with van der Waals surface area (Å²) in [6.07, 6.45) is 4.88. The molecule has 0 fully saturated rings. The smallest absolute Gasteiger partial charge is 0.270 e. The second kappa shape index (κ2) is 6.35. The van der Waals surface area contributed by atoms with Gasteiger partial charge in [0.1, 0.15) is 0 Å². The molecular formula is C19H16ClN3O4. The SMILES string of the molecule is Cc1cc([N+](=O)[O-])cc2c1N[C@H](c1cc([N+](=O)[O-])ccc1Cl)[C@@H]1CC=C[C@@H]21. The molecule has 0 saturated carbocycles. The lowest BCUT2D eigenvalue weighted by Gasteiger charge is -2.38. The Hall–Kier alpha value is -2.93. The topological polar surface area (TPSA) is 98.3 Å². The molecular weight excluding hydrogens is 370 g/mol. The van der Waals surface area contributed by atoms with Gasteiger partial charge in [0.15, 0.2) is 0 Å². The van der Waals surface area contributed by atoms with Gasteiger partial charge < -0.3 is 5.32 Å². The second-order valence-electron chi connectivity index (χ2n) is 6.92. The Morgan fingerprint density at radius 1 is 1.07 bits per heavy atom. The molecule has 8 heteroatoms. The highest BCUT2D eigenvalue weighted by Crippen LogP contribution is 2.52. The molecule has 2 aromatic carbocycles. The van der Waals surface area contributed by atoms with Crippen molar-refractivity contribution in [2.45, 2.75) is 25.3 Å². The van der Waals surface area contributed by atoms with Crippen LogP contribution in [0.25, 0.3) is 0 Å². The number of allylic oxidation sites excluding steroid dienone is 2. The van der Waals surface area contributed by atoms with E-state index in [0.29, 0.717) is 10.6 Å². The summed E-state index contributed by atoms with van der Waals surface area (Å²) in [6.45, 7) is 1.82. The van der Waals surface area contributed by atoms with Crippen LogP contribution in [-0.4, -0.2) is 9.85 Å². The normalized spacial score (nSPS) is 22.7. The van der Waals surface area contributed by atoms with Gasteiger partial charge in [-0.25, -0.2) is 0 Å². The van der Waals surface area contributed by atoms with Crippen molar-refractivity contribution < 1.29 is 9.85 Å². The van der Waals surface area contributed by atoms with Gasteiger partial charge in [0, 0.05) is 46.5 Å². The third-order valence-corrected chi connectivity index (χ3v) is 5.73. The first-order valence-electron chi connectivity index (χ1n) is 8.53. The number of nitrogens with one attached hydrogen (secondary N) is 1. The quantitative estimate of drug-likeness (QED) is 0.439. The fourth-order valence-corrected chi connectivity index (χ4v) is 4.40. The fraction of sp³-hybridized carbons (Fsp3) is 0.263. The number of halogens is 1. The zero-order chi connectivity index (χ0) is 19.3. The molecule has 2 aromatic rings. The van der Waals surface area contributed by atoms with Crippen molar-refractivity contribution in [3.8, 4) is 0 Å². The van der Waals surface area contributed by atoms with Crippen LogP contribution in [0.3, 0.4) is 0 Å². The van der Waals surface area contributed by atoms with E-state index in [1.807, 2.05) is 6.92 Å². The Kier molecular flexibility index (Phi) is 4.11. The number of fused-ring (bicyclic) bond motifs is 3. The highest BCUT2D eigenvalue weighted by Gasteiger charge is 2.40. The van der Waals surface area contributed by atoms with Gasteiger partial charge in [-0.05, 0) is 36.5 Å². The number of benzene rings is 2. The van der Waals surface area contributed by atoms with Crippen LogP contribution in [0.4, 0.5) is 17.1 Å². The number of rotatable bonds is 3. The molecule has 0 unspecified atom stereocenters. The molecule has 0 saturated heterocycles. The lowest BCUT2D eigenvalue weighted by Crippen LogP contribution is -2.30. The monoisotopic (exact) mass is 385 g/mol. The minimum atomic E-state index is -0.435. The maximum absolute atomic E-state index is 11.2. The molecule has 1 N–H and O–H groups in total. The first-order valence-corrected chi connectivity index (χ1v) is 8.90. The van der Waals surface area contributed by atoms with Gasteiger partial charge in [0.05, 0.1) is 15.9 Å². The number of nitro groups is 2. The van der Waals surface area contributed by atoms with Crippen LogP contribution in [0.2, 0.25) is 5.02 Å². The molecule has 7 nitrogen and oxygen atoms in total. The fourth-order valence-electron chi connectivity index (χ4n) is 4.16. The number of nitrogens with zero attached hydrogens (tertiary/aromatic N) is 2. The first kappa shape index (κ1) is 17.5. The van der Waals surface area contributed by atoms with E-state index < -0.39 is 4.92 Å². The molecule has 1 heterocycles. The van der Waals surface area contributed by atoms with Crippen molar-refractivity contribution in [2.75, 3.05) is 5.32 Å². The first-order chi connectivity index (χ1) is 12.9. The van der Waals surface area contributed by atoms with Gasteiger partial charge in [-0.2, -0.15) is 0 Å². The number of nitro benzene ring substituents is 2. The van der Waals surface area contributed by atoms with Crippen molar-refractivity contribution in [1.29, 1.82) is 0 Å². The van der Waals surface area contributed by atoms with Crippen LogP contribution in [0.5, 0.6) is 0 Å². The third kappa shape index (κ3) is 2.84. The largest absolute Gasteiger partial charge is 0.377 e. The van der Waals surface area contributed by atoms with E-state index in [9.17, 15) is 20.2 Å². The molecule has 0 aromatic heterocycles.